The summed E-state index contributed by atoms with van der Waals surface area (Å²) in [6.45, 7) is 5.59. The van der Waals surface area contributed by atoms with Crippen LogP contribution in [0.5, 0.6) is 0 Å². The van der Waals surface area contributed by atoms with Gasteiger partial charge in [-0.15, -0.1) is 0 Å². The van der Waals surface area contributed by atoms with Crippen molar-refractivity contribution in [1.29, 1.82) is 5.26 Å². The van der Waals surface area contributed by atoms with Crippen LogP contribution in [-0.2, 0) is 13.1 Å². The molecular formula is C19H21FN4. The van der Waals surface area contributed by atoms with Crippen molar-refractivity contribution in [1.82, 2.24) is 10.6 Å². The van der Waals surface area contributed by atoms with E-state index in [0.717, 1.165) is 12.1 Å². The second-order valence-electron chi connectivity index (χ2n) is 5.45. The highest BCUT2D eigenvalue weighted by Crippen LogP contribution is 2.09. The topological polar surface area (TPSA) is 60.2 Å². The lowest BCUT2D eigenvalue weighted by atomic mass is 10.1. The third kappa shape index (κ3) is 5.10. The first kappa shape index (κ1) is 17.5. The molecule has 0 atom stereocenters. The molecular weight excluding hydrogens is 303 g/mol. The molecule has 0 fully saturated rings. The van der Waals surface area contributed by atoms with Crippen molar-refractivity contribution in [3.05, 3.63) is 70.5 Å². The monoisotopic (exact) mass is 324 g/mol. The predicted octanol–water partition coefficient (Wildman–Crippen LogP) is 3.26. The predicted molar refractivity (Wildman–Crippen MR) is 93.9 cm³/mol. The Balaban J connectivity index is 2.01. The summed E-state index contributed by atoms with van der Waals surface area (Å²) in [5, 5.41) is 15.0. The van der Waals surface area contributed by atoms with Gasteiger partial charge in [-0.25, -0.2) is 9.38 Å². The van der Waals surface area contributed by atoms with Crippen molar-refractivity contribution < 1.29 is 4.39 Å². The summed E-state index contributed by atoms with van der Waals surface area (Å²) in [5.74, 6) is 0.234. The second-order valence-corrected chi connectivity index (χ2v) is 5.45. The zero-order chi connectivity index (χ0) is 17.4. The minimum atomic E-state index is -0.393. The van der Waals surface area contributed by atoms with Gasteiger partial charge in [0.05, 0.1) is 18.2 Å². The molecule has 0 spiro atoms. The molecule has 5 heteroatoms. The van der Waals surface area contributed by atoms with Gasteiger partial charge in [0.1, 0.15) is 5.82 Å². The average molecular weight is 324 g/mol. The molecule has 0 aliphatic carbocycles. The van der Waals surface area contributed by atoms with Gasteiger partial charge in [0.2, 0.25) is 0 Å². The fourth-order valence-corrected chi connectivity index (χ4v) is 2.14. The molecule has 2 N–H and O–H groups in total. The fourth-order valence-electron chi connectivity index (χ4n) is 2.14. The minimum Gasteiger partial charge on any atom is -0.357 e. The lowest BCUT2D eigenvalue weighted by Crippen LogP contribution is -2.37. The number of halogens is 1. The van der Waals surface area contributed by atoms with Crippen LogP contribution in [0.1, 0.15) is 29.2 Å². The fraction of sp³-hybridized carbons (Fsp3) is 0.263. The highest BCUT2D eigenvalue weighted by molar-refractivity contribution is 5.79. The molecule has 2 aromatic rings. The zero-order valence-electron chi connectivity index (χ0n) is 13.9. The zero-order valence-corrected chi connectivity index (χ0v) is 13.9. The normalized spacial score (nSPS) is 11.0. The first-order chi connectivity index (χ1) is 11.6. The quantitative estimate of drug-likeness (QED) is 0.655. The van der Waals surface area contributed by atoms with Crippen molar-refractivity contribution in [2.24, 2.45) is 4.99 Å². The maximum absolute atomic E-state index is 13.9. The van der Waals surface area contributed by atoms with E-state index in [4.69, 9.17) is 5.26 Å². The smallest absolute Gasteiger partial charge is 0.191 e. The molecule has 0 bridgehead atoms. The number of guanidine groups is 1. The van der Waals surface area contributed by atoms with Crippen molar-refractivity contribution in [3.8, 4) is 6.07 Å². The minimum absolute atomic E-state index is 0.303. The van der Waals surface area contributed by atoms with Gasteiger partial charge >= 0.3 is 0 Å². The molecule has 2 rings (SSSR count). The van der Waals surface area contributed by atoms with Crippen LogP contribution < -0.4 is 10.6 Å². The Labute approximate surface area is 142 Å². The molecule has 0 radical (unpaired) electrons. The van der Waals surface area contributed by atoms with Crippen LogP contribution in [0.2, 0.25) is 0 Å². The molecule has 0 saturated heterocycles. The Morgan fingerprint density at radius 3 is 2.54 bits per heavy atom. The van der Waals surface area contributed by atoms with Crippen molar-refractivity contribution in [2.45, 2.75) is 26.9 Å². The number of nitriles is 1. The van der Waals surface area contributed by atoms with Crippen LogP contribution in [0.4, 0.5) is 4.39 Å². The van der Waals surface area contributed by atoms with E-state index >= 15 is 0 Å². The van der Waals surface area contributed by atoms with Crippen LogP contribution in [0.25, 0.3) is 0 Å². The summed E-state index contributed by atoms with van der Waals surface area (Å²) in [6.07, 6.45) is 0. The molecule has 0 heterocycles. The Hall–Kier alpha value is -2.87. The van der Waals surface area contributed by atoms with Gasteiger partial charge in [-0.2, -0.15) is 5.26 Å². The maximum Gasteiger partial charge on any atom is 0.191 e. The summed E-state index contributed by atoms with van der Waals surface area (Å²) >= 11 is 0. The SMILES string of the molecule is CCNC(=NCc1ccc(C)cc1)NCc1ccc(C#N)cc1F. The van der Waals surface area contributed by atoms with E-state index in [9.17, 15) is 4.39 Å². The third-order valence-electron chi connectivity index (χ3n) is 3.51. The van der Waals surface area contributed by atoms with Gasteiger partial charge in [-0.1, -0.05) is 35.9 Å². The number of hydrogen-bond acceptors (Lipinski definition) is 2. The Morgan fingerprint density at radius 1 is 1.17 bits per heavy atom. The second kappa shape index (κ2) is 8.68. The van der Waals surface area contributed by atoms with Gasteiger partial charge in [0.15, 0.2) is 5.96 Å². The summed E-state index contributed by atoms with van der Waals surface area (Å²) in [7, 11) is 0. The molecule has 0 saturated carbocycles. The number of nitrogens with zero attached hydrogens (tertiary/aromatic N) is 2. The third-order valence-corrected chi connectivity index (χ3v) is 3.51. The summed E-state index contributed by atoms with van der Waals surface area (Å²) in [5.41, 5.74) is 3.14. The molecule has 24 heavy (non-hydrogen) atoms. The van der Waals surface area contributed by atoms with E-state index in [2.05, 4.69) is 27.8 Å². The van der Waals surface area contributed by atoms with E-state index in [1.54, 1.807) is 12.1 Å². The van der Waals surface area contributed by atoms with Crippen LogP contribution in [0.15, 0.2) is 47.5 Å². The van der Waals surface area contributed by atoms with Crippen LogP contribution in [0, 0.1) is 24.1 Å². The Morgan fingerprint density at radius 2 is 1.92 bits per heavy atom. The number of aliphatic imine (C=N–C) groups is 1. The Bertz CT molecular complexity index is 745. The maximum atomic E-state index is 13.9. The molecule has 4 nitrogen and oxygen atoms in total. The molecule has 0 unspecified atom stereocenters. The van der Waals surface area contributed by atoms with Crippen LogP contribution in [0.3, 0.4) is 0 Å². The van der Waals surface area contributed by atoms with Crippen molar-refractivity contribution in [2.75, 3.05) is 6.54 Å². The number of benzene rings is 2. The summed E-state index contributed by atoms with van der Waals surface area (Å²) in [4.78, 5) is 4.51. The standard InChI is InChI=1S/C19H21FN4/c1-3-22-19(23-12-15-6-4-14(2)5-7-15)24-13-17-9-8-16(11-21)10-18(17)20/h4-10H,3,12-13H2,1-2H3,(H2,22,23,24). The van der Waals surface area contributed by atoms with Gasteiger partial charge in [0, 0.05) is 18.7 Å². The number of nitrogens with one attached hydrogen (secondary N) is 2. The van der Waals surface area contributed by atoms with E-state index in [0.29, 0.717) is 30.2 Å². The van der Waals surface area contributed by atoms with Gasteiger partial charge in [0.25, 0.3) is 0 Å². The largest absolute Gasteiger partial charge is 0.357 e. The number of hydrogen-bond donors (Lipinski definition) is 2. The first-order valence-electron chi connectivity index (χ1n) is 7.88. The van der Waals surface area contributed by atoms with E-state index in [1.165, 1.54) is 11.6 Å². The highest BCUT2D eigenvalue weighted by atomic mass is 19.1. The molecule has 0 amide bonds. The molecule has 0 aliphatic rings. The van der Waals surface area contributed by atoms with Crippen LogP contribution >= 0.6 is 0 Å². The highest BCUT2D eigenvalue weighted by Gasteiger charge is 2.05. The molecule has 0 aromatic heterocycles. The van der Waals surface area contributed by atoms with Crippen molar-refractivity contribution >= 4 is 5.96 Å². The van der Waals surface area contributed by atoms with Gasteiger partial charge < -0.3 is 10.6 Å². The Kier molecular flexibility index (Phi) is 6.32. The first-order valence-corrected chi connectivity index (χ1v) is 7.88. The van der Waals surface area contributed by atoms with Crippen LogP contribution in [-0.4, -0.2) is 12.5 Å². The van der Waals surface area contributed by atoms with E-state index in [1.807, 2.05) is 32.0 Å². The average Bonchev–Trinajstić information content (AvgIpc) is 2.59. The molecule has 2 aromatic carbocycles. The molecule has 124 valence electrons. The number of rotatable bonds is 5. The van der Waals surface area contributed by atoms with E-state index < -0.39 is 5.82 Å². The van der Waals surface area contributed by atoms with Gasteiger partial charge in [-0.05, 0) is 31.5 Å². The lowest BCUT2D eigenvalue weighted by molar-refractivity contribution is 0.604. The number of aryl methyl sites for hydroxylation is 1. The summed E-state index contributed by atoms with van der Waals surface area (Å²) in [6, 6.07) is 14.6. The van der Waals surface area contributed by atoms with Crippen molar-refractivity contribution in [3.63, 3.8) is 0 Å². The summed E-state index contributed by atoms with van der Waals surface area (Å²) < 4.78 is 13.9. The molecule has 0 aliphatic heterocycles. The van der Waals surface area contributed by atoms with E-state index in [-0.39, 0.29) is 0 Å². The lowest BCUT2D eigenvalue weighted by Gasteiger charge is -2.12. The van der Waals surface area contributed by atoms with Gasteiger partial charge in [-0.3, -0.25) is 0 Å².